The van der Waals surface area contributed by atoms with E-state index in [1.165, 1.54) is 24.8 Å². The lowest BCUT2D eigenvalue weighted by Gasteiger charge is -2.29. The molecule has 4 nitrogen and oxygen atoms in total. The van der Waals surface area contributed by atoms with E-state index < -0.39 is 0 Å². The van der Waals surface area contributed by atoms with E-state index in [2.05, 4.69) is 29.0 Å². The van der Waals surface area contributed by atoms with Crippen molar-refractivity contribution in [2.75, 3.05) is 6.54 Å². The number of hydrogen-bond donors (Lipinski definition) is 2. The van der Waals surface area contributed by atoms with Crippen molar-refractivity contribution >= 4 is 11.0 Å². The van der Waals surface area contributed by atoms with Crippen molar-refractivity contribution in [1.29, 1.82) is 0 Å². The zero-order chi connectivity index (χ0) is 18.0. The second-order valence-electron chi connectivity index (χ2n) is 7.77. The molecule has 3 N–H and O–H groups in total. The van der Waals surface area contributed by atoms with E-state index in [1.54, 1.807) is 0 Å². The molecule has 1 fully saturated rings. The average Bonchev–Trinajstić information content (AvgIpc) is 3.43. The molecule has 2 aromatic carbocycles. The van der Waals surface area contributed by atoms with Gasteiger partial charge in [-0.1, -0.05) is 31.2 Å². The van der Waals surface area contributed by atoms with Crippen LogP contribution in [0.5, 0.6) is 11.8 Å². The van der Waals surface area contributed by atoms with E-state index in [-0.39, 0.29) is 0 Å². The summed E-state index contributed by atoms with van der Waals surface area (Å²) in [6.45, 7) is 3.20. The summed E-state index contributed by atoms with van der Waals surface area (Å²) in [6.07, 6.45) is 6.18. The number of benzene rings is 2. The van der Waals surface area contributed by atoms with Gasteiger partial charge < -0.3 is 15.5 Å². The average molecular weight is 349 g/mol. The van der Waals surface area contributed by atoms with Gasteiger partial charge in [0.05, 0.1) is 11.0 Å². The summed E-state index contributed by atoms with van der Waals surface area (Å²) in [4.78, 5) is 7.65. The Morgan fingerprint density at radius 3 is 2.58 bits per heavy atom. The van der Waals surface area contributed by atoms with Crippen LogP contribution in [0.1, 0.15) is 38.2 Å². The van der Waals surface area contributed by atoms with Crippen LogP contribution in [-0.2, 0) is 6.42 Å². The summed E-state index contributed by atoms with van der Waals surface area (Å²) in [5.41, 5.74) is 9.50. The Labute approximate surface area is 154 Å². The summed E-state index contributed by atoms with van der Waals surface area (Å²) in [5.74, 6) is 1.68. The Balaban J connectivity index is 1.38. The van der Waals surface area contributed by atoms with E-state index in [4.69, 9.17) is 10.5 Å². The number of rotatable bonds is 8. The number of ether oxygens (including phenoxy) is 1. The third-order valence-electron chi connectivity index (χ3n) is 5.77. The Kier molecular flexibility index (Phi) is 4.68. The number of nitrogens with zero attached hydrogens (tertiary/aromatic N) is 1. The monoisotopic (exact) mass is 349 g/mol. The second-order valence-corrected chi connectivity index (χ2v) is 7.77. The predicted octanol–water partition coefficient (Wildman–Crippen LogP) is 5.05. The SMILES string of the molecule is CC(CCN)(CCc1ccc(Oc2nc3ccccc3[nH]2)cc1)C1CC1. The van der Waals surface area contributed by atoms with Crippen molar-refractivity contribution in [3.63, 3.8) is 0 Å². The molecule has 136 valence electrons. The molecule has 1 saturated carbocycles. The van der Waals surface area contributed by atoms with Crippen LogP contribution in [0.25, 0.3) is 11.0 Å². The number of fused-ring (bicyclic) bond motifs is 1. The third-order valence-corrected chi connectivity index (χ3v) is 5.77. The summed E-state index contributed by atoms with van der Waals surface area (Å²) < 4.78 is 5.87. The van der Waals surface area contributed by atoms with Crippen LogP contribution in [0.4, 0.5) is 0 Å². The third kappa shape index (κ3) is 3.75. The lowest BCUT2D eigenvalue weighted by Crippen LogP contribution is -2.24. The molecular formula is C22H27N3O. The number of nitrogens with two attached hydrogens (primary N) is 1. The fourth-order valence-electron chi connectivity index (χ4n) is 3.89. The van der Waals surface area contributed by atoms with E-state index in [1.807, 2.05) is 36.4 Å². The first kappa shape index (κ1) is 17.1. The molecule has 1 aliphatic rings. The van der Waals surface area contributed by atoms with Gasteiger partial charge in [-0.15, -0.1) is 0 Å². The molecule has 0 amide bonds. The molecule has 0 aliphatic heterocycles. The molecule has 4 heteroatoms. The van der Waals surface area contributed by atoms with Gasteiger partial charge in [-0.3, -0.25) is 0 Å². The van der Waals surface area contributed by atoms with Gasteiger partial charge in [0.25, 0.3) is 6.01 Å². The number of imidazole rings is 1. The number of para-hydroxylation sites is 2. The van der Waals surface area contributed by atoms with Crippen molar-refractivity contribution in [3.8, 4) is 11.8 Å². The summed E-state index contributed by atoms with van der Waals surface area (Å²) in [6, 6.07) is 16.8. The molecule has 1 heterocycles. The topological polar surface area (TPSA) is 63.9 Å². The number of aromatic nitrogens is 2. The summed E-state index contributed by atoms with van der Waals surface area (Å²) in [5, 5.41) is 0. The Hall–Kier alpha value is -2.33. The van der Waals surface area contributed by atoms with Crippen molar-refractivity contribution < 1.29 is 4.74 Å². The maximum Gasteiger partial charge on any atom is 0.300 e. The molecule has 1 unspecified atom stereocenters. The van der Waals surface area contributed by atoms with Gasteiger partial charge in [-0.2, -0.15) is 4.98 Å². The Morgan fingerprint density at radius 1 is 1.12 bits per heavy atom. The quantitative estimate of drug-likeness (QED) is 0.598. The van der Waals surface area contributed by atoms with Crippen LogP contribution in [0.3, 0.4) is 0 Å². The summed E-state index contributed by atoms with van der Waals surface area (Å²) >= 11 is 0. The molecule has 0 bridgehead atoms. The minimum absolute atomic E-state index is 0.401. The maximum atomic E-state index is 5.87. The molecule has 0 radical (unpaired) electrons. The number of H-pyrrole nitrogens is 1. The molecular weight excluding hydrogens is 322 g/mol. The van der Waals surface area contributed by atoms with E-state index in [0.29, 0.717) is 11.4 Å². The fourth-order valence-corrected chi connectivity index (χ4v) is 3.89. The van der Waals surface area contributed by atoms with Gasteiger partial charge in [0, 0.05) is 0 Å². The van der Waals surface area contributed by atoms with E-state index in [0.717, 1.165) is 42.1 Å². The van der Waals surface area contributed by atoms with Gasteiger partial charge in [0.1, 0.15) is 5.75 Å². The first-order valence-corrected chi connectivity index (χ1v) is 9.58. The number of aryl methyl sites for hydroxylation is 1. The minimum Gasteiger partial charge on any atom is -0.426 e. The van der Waals surface area contributed by atoms with Gasteiger partial charge in [-0.25, -0.2) is 0 Å². The smallest absolute Gasteiger partial charge is 0.300 e. The van der Waals surface area contributed by atoms with Gasteiger partial charge in [-0.05, 0) is 79.8 Å². The van der Waals surface area contributed by atoms with Gasteiger partial charge in [0.15, 0.2) is 0 Å². The van der Waals surface area contributed by atoms with Crippen LogP contribution in [0, 0.1) is 11.3 Å². The maximum absolute atomic E-state index is 5.87. The molecule has 1 aliphatic carbocycles. The number of hydrogen-bond acceptors (Lipinski definition) is 3. The highest BCUT2D eigenvalue weighted by Gasteiger charge is 2.40. The van der Waals surface area contributed by atoms with Crippen LogP contribution in [0.2, 0.25) is 0 Å². The largest absolute Gasteiger partial charge is 0.426 e. The molecule has 0 saturated heterocycles. The lowest BCUT2D eigenvalue weighted by atomic mass is 9.76. The van der Waals surface area contributed by atoms with Crippen molar-refractivity contribution in [2.45, 2.75) is 39.0 Å². The zero-order valence-corrected chi connectivity index (χ0v) is 15.4. The molecule has 4 rings (SSSR count). The van der Waals surface area contributed by atoms with Crippen LogP contribution in [-0.4, -0.2) is 16.5 Å². The summed E-state index contributed by atoms with van der Waals surface area (Å²) in [7, 11) is 0. The molecule has 1 atom stereocenters. The standard InChI is InChI=1S/C22H27N3O/c1-22(14-15-23,17-8-9-17)13-12-16-6-10-18(11-7-16)26-21-24-19-4-2-3-5-20(19)25-21/h2-7,10-11,17H,8-9,12-15,23H2,1H3,(H,24,25). The van der Waals surface area contributed by atoms with Crippen molar-refractivity contribution in [3.05, 3.63) is 54.1 Å². The number of aromatic amines is 1. The Morgan fingerprint density at radius 2 is 1.88 bits per heavy atom. The first-order chi connectivity index (χ1) is 12.7. The van der Waals surface area contributed by atoms with Crippen LogP contribution in [0.15, 0.2) is 48.5 Å². The molecule has 0 spiro atoms. The predicted molar refractivity (Wildman–Crippen MR) is 105 cm³/mol. The molecule has 3 aromatic rings. The van der Waals surface area contributed by atoms with E-state index >= 15 is 0 Å². The van der Waals surface area contributed by atoms with Crippen molar-refractivity contribution in [2.24, 2.45) is 17.1 Å². The fraction of sp³-hybridized carbons (Fsp3) is 0.409. The van der Waals surface area contributed by atoms with Gasteiger partial charge >= 0.3 is 0 Å². The van der Waals surface area contributed by atoms with Crippen LogP contribution < -0.4 is 10.5 Å². The highest BCUT2D eigenvalue weighted by molar-refractivity contribution is 5.75. The van der Waals surface area contributed by atoms with E-state index in [9.17, 15) is 0 Å². The Bertz CT molecular complexity index is 833. The molecule has 26 heavy (non-hydrogen) atoms. The minimum atomic E-state index is 0.401. The normalized spacial score (nSPS) is 16.5. The van der Waals surface area contributed by atoms with Gasteiger partial charge in [0.2, 0.25) is 0 Å². The van der Waals surface area contributed by atoms with Crippen LogP contribution >= 0.6 is 0 Å². The molecule has 1 aromatic heterocycles. The highest BCUT2D eigenvalue weighted by Crippen LogP contribution is 2.50. The lowest BCUT2D eigenvalue weighted by molar-refractivity contribution is 0.232. The second kappa shape index (κ2) is 7.12. The zero-order valence-electron chi connectivity index (χ0n) is 15.4. The highest BCUT2D eigenvalue weighted by atomic mass is 16.5. The first-order valence-electron chi connectivity index (χ1n) is 9.58. The van der Waals surface area contributed by atoms with Crippen molar-refractivity contribution in [1.82, 2.24) is 9.97 Å². The number of nitrogens with one attached hydrogen (secondary N) is 1.